The summed E-state index contributed by atoms with van der Waals surface area (Å²) in [5, 5.41) is 4.03. The van der Waals surface area contributed by atoms with Gasteiger partial charge in [-0.05, 0) is 56.9 Å². The molecule has 1 aromatic heterocycles. The predicted octanol–water partition coefficient (Wildman–Crippen LogP) is 5.57. The van der Waals surface area contributed by atoms with Gasteiger partial charge in [0, 0.05) is 24.5 Å². The first-order chi connectivity index (χ1) is 15.8. The third-order valence-corrected chi connectivity index (χ3v) is 6.89. The van der Waals surface area contributed by atoms with Crippen molar-refractivity contribution in [1.82, 2.24) is 4.90 Å². The van der Waals surface area contributed by atoms with Crippen molar-refractivity contribution in [3.05, 3.63) is 44.2 Å². The van der Waals surface area contributed by atoms with Crippen LogP contribution in [0.1, 0.15) is 58.2 Å². The van der Waals surface area contributed by atoms with E-state index in [0.717, 1.165) is 24.2 Å². The standard InChI is InChI=1S/C23H26Cl2N2O5S/c1-3-31-23(30)19-14(2)20(22(29)27-10-4-5-11-27)33-21(19)26-18(28)7-6-12-32-17-9-8-15(24)13-16(17)25/h8-9,13H,3-7,10-12H2,1-2H3,(H,26,28). The second-order valence-corrected chi connectivity index (χ2v) is 9.42. The lowest BCUT2D eigenvalue weighted by molar-refractivity contribution is -0.116. The predicted molar refractivity (Wildman–Crippen MR) is 130 cm³/mol. The molecular weight excluding hydrogens is 487 g/mol. The van der Waals surface area contributed by atoms with Crippen LogP contribution in [-0.2, 0) is 9.53 Å². The fourth-order valence-electron chi connectivity index (χ4n) is 3.51. The monoisotopic (exact) mass is 512 g/mol. The number of rotatable bonds is 9. The third kappa shape index (κ3) is 6.40. The van der Waals surface area contributed by atoms with E-state index < -0.39 is 5.97 Å². The van der Waals surface area contributed by atoms with Gasteiger partial charge in [0.15, 0.2) is 0 Å². The van der Waals surface area contributed by atoms with E-state index in [2.05, 4.69) is 5.32 Å². The maximum Gasteiger partial charge on any atom is 0.341 e. The summed E-state index contributed by atoms with van der Waals surface area (Å²) < 4.78 is 10.8. The summed E-state index contributed by atoms with van der Waals surface area (Å²) in [4.78, 5) is 40.3. The minimum absolute atomic E-state index is 0.116. The molecule has 0 unspecified atom stereocenters. The van der Waals surface area contributed by atoms with Gasteiger partial charge in [-0.3, -0.25) is 9.59 Å². The van der Waals surface area contributed by atoms with E-state index in [-0.39, 0.29) is 37.0 Å². The number of nitrogens with zero attached hydrogens (tertiary/aromatic N) is 1. The number of anilines is 1. The van der Waals surface area contributed by atoms with E-state index in [4.69, 9.17) is 32.7 Å². The normalized spacial score (nSPS) is 13.2. The molecule has 2 heterocycles. The van der Waals surface area contributed by atoms with Crippen molar-refractivity contribution in [2.45, 2.75) is 39.5 Å². The zero-order chi connectivity index (χ0) is 24.0. The van der Waals surface area contributed by atoms with Gasteiger partial charge in [0.2, 0.25) is 5.91 Å². The molecule has 0 aliphatic carbocycles. The number of hydrogen-bond acceptors (Lipinski definition) is 6. The Bertz CT molecular complexity index is 1030. The van der Waals surface area contributed by atoms with Gasteiger partial charge >= 0.3 is 5.97 Å². The molecule has 0 radical (unpaired) electrons. The minimum Gasteiger partial charge on any atom is -0.492 e. The Morgan fingerprint density at radius 2 is 1.91 bits per heavy atom. The molecule has 0 atom stereocenters. The Labute approximate surface area is 206 Å². The number of nitrogens with one attached hydrogen (secondary N) is 1. The second kappa shape index (κ2) is 11.7. The lowest BCUT2D eigenvalue weighted by Gasteiger charge is -2.14. The molecule has 2 aromatic rings. The van der Waals surface area contributed by atoms with Gasteiger partial charge in [-0.2, -0.15) is 0 Å². The molecule has 2 amide bonds. The van der Waals surface area contributed by atoms with E-state index in [1.54, 1.807) is 36.9 Å². The van der Waals surface area contributed by atoms with Gasteiger partial charge < -0.3 is 19.7 Å². The van der Waals surface area contributed by atoms with Crippen LogP contribution in [0.15, 0.2) is 18.2 Å². The van der Waals surface area contributed by atoms with Gasteiger partial charge in [-0.15, -0.1) is 11.3 Å². The number of likely N-dealkylation sites (tertiary alicyclic amines) is 1. The Hall–Kier alpha value is -2.29. The number of benzene rings is 1. The van der Waals surface area contributed by atoms with Crippen LogP contribution in [0.2, 0.25) is 10.0 Å². The van der Waals surface area contributed by atoms with Crippen molar-refractivity contribution in [3.8, 4) is 5.75 Å². The maximum absolute atomic E-state index is 12.9. The SMILES string of the molecule is CCOC(=O)c1c(NC(=O)CCCOc2ccc(Cl)cc2Cl)sc(C(=O)N2CCCC2)c1C. The molecule has 1 N–H and O–H groups in total. The van der Waals surface area contributed by atoms with Crippen LogP contribution >= 0.6 is 34.5 Å². The summed E-state index contributed by atoms with van der Waals surface area (Å²) in [5.41, 5.74) is 0.772. The summed E-state index contributed by atoms with van der Waals surface area (Å²) in [6.45, 7) is 5.30. The molecule has 10 heteroatoms. The lowest BCUT2D eigenvalue weighted by atomic mass is 10.1. The quantitative estimate of drug-likeness (QED) is 0.350. The first-order valence-electron chi connectivity index (χ1n) is 10.8. The molecule has 0 bridgehead atoms. The highest BCUT2D eigenvalue weighted by atomic mass is 35.5. The summed E-state index contributed by atoms with van der Waals surface area (Å²) in [6.07, 6.45) is 2.53. The summed E-state index contributed by atoms with van der Waals surface area (Å²) in [7, 11) is 0. The van der Waals surface area contributed by atoms with E-state index in [9.17, 15) is 14.4 Å². The van der Waals surface area contributed by atoms with E-state index in [0.29, 0.717) is 50.7 Å². The Morgan fingerprint density at radius 1 is 1.18 bits per heavy atom. The van der Waals surface area contributed by atoms with Crippen molar-refractivity contribution in [1.29, 1.82) is 0 Å². The molecule has 33 heavy (non-hydrogen) atoms. The second-order valence-electron chi connectivity index (χ2n) is 7.56. The van der Waals surface area contributed by atoms with Crippen LogP contribution in [0.4, 0.5) is 5.00 Å². The number of carbonyl (C=O) groups excluding carboxylic acids is 3. The first kappa shape index (κ1) is 25.3. The average Bonchev–Trinajstić information content (AvgIpc) is 3.40. The largest absolute Gasteiger partial charge is 0.492 e. The summed E-state index contributed by atoms with van der Waals surface area (Å²) in [5.74, 6) is -0.463. The van der Waals surface area contributed by atoms with E-state index in [1.165, 1.54) is 0 Å². The number of amides is 2. The Balaban J connectivity index is 1.65. The zero-order valence-electron chi connectivity index (χ0n) is 18.5. The third-order valence-electron chi connectivity index (χ3n) is 5.17. The molecule has 0 spiro atoms. The van der Waals surface area contributed by atoms with Gasteiger partial charge in [-0.25, -0.2) is 4.79 Å². The van der Waals surface area contributed by atoms with Crippen LogP contribution < -0.4 is 10.1 Å². The van der Waals surface area contributed by atoms with E-state index >= 15 is 0 Å². The molecule has 178 valence electrons. The maximum atomic E-state index is 12.9. The van der Waals surface area contributed by atoms with Gasteiger partial charge in [0.1, 0.15) is 10.8 Å². The van der Waals surface area contributed by atoms with Crippen molar-refractivity contribution in [2.75, 3.05) is 31.6 Å². The molecule has 1 aliphatic rings. The highest BCUT2D eigenvalue weighted by Crippen LogP contribution is 2.35. The van der Waals surface area contributed by atoms with Crippen LogP contribution in [0.25, 0.3) is 0 Å². The number of hydrogen-bond donors (Lipinski definition) is 1. The molecule has 1 aromatic carbocycles. The molecule has 3 rings (SSSR count). The minimum atomic E-state index is -0.553. The Kier molecular flexibility index (Phi) is 9.00. The lowest BCUT2D eigenvalue weighted by Crippen LogP contribution is -2.27. The van der Waals surface area contributed by atoms with Crippen LogP contribution in [0.5, 0.6) is 5.75 Å². The number of carbonyl (C=O) groups is 3. The highest BCUT2D eigenvalue weighted by Gasteiger charge is 2.29. The molecule has 0 saturated carbocycles. The van der Waals surface area contributed by atoms with Crippen molar-refractivity contribution < 1.29 is 23.9 Å². The van der Waals surface area contributed by atoms with Crippen molar-refractivity contribution in [2.24, 2.45) is 0 Å². The fourth-order valence-corrected chi connectivity index (χ4v) is 5.16. The number of halogens is 2. The van der Waals surface area contributed by atoms with Gasteiger partial charge in [0.05, 0.1) is 28.7 Å². The number of esters is 1. The summed E-state index contributed by atoms with van der Waals surface area (Å²) >= 11 is 13.1. The average molecular weight is 513 g/mol. The topological polar surface area (TPSA) is 84.9 Å². The summed E-state index contributed by atoms with van der Waals surface area (Å²) in [6, 6.07) is 4.93. The molecule has 1 aliphatic heterocycles. The van der Waals surface area contributed by atoms with Crippen LogP contribution in [0, 0.1) is 6.92 Å². The molecule has 1 saturated heterocycles. The van der Waals surface area contributed by atoms with Crippen molar-refractivity contribution >= 4 is 57.3 Å². The molecule has 1 fully saturated rings. The van der Waals surface area contributed by atoms with Gasteiger partial charge in [0.25, 0.3) is 5.91 Å². The first-order valence-corrected chi connectivity index (χ1v) is 12.4. The molecule has 7 nitrogen and oxygen atoms in total. The van der Waals surface area contributed by atoms with Crippen LogP contribution in [0.3, 0.4) is 0 Å². The van der Waals surface area contributed by atoms with E-state index in [1.807, 2.05) is 0 Å². The smallest absolute Gasteiger partial charge is 0.341 e. The van der Waals surface area contributed by atoms with Crippen LogP contribution in [-0.4, -0.2) is 49.0 Å². The zero-order valence-corrected chi connectivity index (χ0v) is 20.9. The van der Waals surface area contributed by atoms with Gasteiger partial charge in [-0.1, -0.05) is 23.2 Å². The number of thiophene rings is 1. The van der Waals surface area contributed by atoms with Crippen molar-refractivity contribution in [3.63, 3.8) is 0 Å². The fraction of sp³-hybridized carbons (Fsp3) is 0.435. The molecular formula is C23H26Cl2N2O5S. The Morgan fingerprint density at radius 3 is 2.58 bits per heavy atom. The highest BCUT2D eigenvalue weighted by molar-refractivity contribution is 7.18. The number of ether oxygens (including phenoxy) is 2.